The van der Waals surface area contributed by atoms with Gasteiger partial charge in [0, 0.05) is 23.2 Å². The second kappa shape index (κ2) is 15.0. The normalized spacial score (nSPS) is 13.1. The summed E-state index contributed by atoms with van der Waals surface area (Å²) < 4.78 is 6.05. The molecule has 1 unspecified atom stereocenters. The van der Waals surface area contributed by atoms with Crippen molar-refractivity contribution in [2.45, 2.75) is 38.1 Å². The number of aliphatic hydroxyl groups excluding tert-OH is 4. The average molecular weight is 821 g/mol. The number of nitrogens with one attached hydrogen (secondary N) is 3. The third-order valence-electron chi connectivity index (χ3n) is 4.63. The third-order valence-corrected chi connectivity index (χ3v) is 7.95. The van der Waals surface area contributed by atoms with E-state index in [1.807, 2.05) is 45.2 Å². The molecule has 0 radical (unpaired) electrons. The number of benzene rings is 1. The molecule has 0 aliphatic rings. The molecule has 192 valence electrons. The minimum atomic E-state index is -1.05. The van der Waals surface area contributed by atoms with Crippen LogP contribution in [0.3, 0.4) is 0 Å². The first-order valence-electron chi connectivity index (χ1n) is 9.81. The highest BCUT2D eigenvalue weighted by atomic mass is 127. The van der Waals surface area contributed by atoms with Crippen LogP contribution in [-0.2, 0) is 9.53 Å². The van der Waals surface area contributed by atoms with Gasteiger partial charge >= 0.3 is 5.97 Å². The number of rotatable bonds is 12. The lowest BCUT2D eigenvalue weighted by Crippen LogP contribution is -2.43. The molecule has 0 heterocycles. The van der Waals surface area contributed by atoms with Gasteiger partial charge in [0.1, 0.15) is 6.10 Å². The molecule has 0 spiro atoms. The zero-order valence-corrected chi connectivity index (χ0v) is 24.6. The minimum absolute atomic E-state index is 0.0217. The number of hydroxylamine groups is 1. The van der Waals surface area contributed by atoms with E-state index in [9.17, 15) is 40.0 Å². The summed E-state index contributed by atoms with van der Waals surface area (Å²) in [6.45, 7) is 0.593. The molecular weight excluding hydrogens is 795 g/mol. The van der Waals surface area contributed by atoms with Crippen LogP contribution in [0.15, 0.2) is 0 Å². The summed E-state index contributed by atoms with van der Waals surface area (Å²) >= 11 is 5.54. The Balaban J connectivity index is 3.83. The molecule has 2 atom stereocenters. The van der Waals surface area contributed by atoms with Gasteiger partial charge in [-0.15, -0.1) is 0 Å². The molecule has 15 heteroatoms. The Kier molecular flexibility index (Phi) is 13.9. The fourth-order valence-corrected chi connectivity index (χ4v) is 7.72. The fourth-order valence-electron chi connectivity index (χ4n) is 2.90. The zero-order chi connectivity index (χ0) is 26.2. The maximum Gasteiger partial charge on any atom is 0.302 e. The molecule has 1 aromatic rings. The van der Waals surface area contributed by atoms with E-state index in [1.54, 1.807) is 22.6 Å². The van der Waals surface area contributed by atoms with Crippen LogP contribution >= 0.6 is 67.8 Å². The van der Waals surface area contributed by atoms with Gasteiger partial charge in [0.25, 0.3) is 11.8 Å². The van der Waals surface area contributed by atoms with Crippen molar-refractivity contribution in [3.63, 3.8) is 0 Å². The quantitative estimate of drug-likeness (QED) is 0.0784. The van der Waals surface area contributed by atoms with Crippen molar-refractivity contribution in [3.8, 4) is 0 Å². The lowest BCUT2D eigenvalue weighted by atomic mass is 9.96. The second-order valence-corrected chi connectivity index (χ2v) is 10.3. The molecule has 0 saturated carbocycles. The lowest BCUT2D eigenvalue weighted by Gasteiger charge is -2.28. The first-order valence-corrected chi connectivity index (χ1v) is 13.0. The molecule has 2 amide bonds. The van der Waals surface area contributed by atoms with E-state index in [0.717, 1.165) is 0 Å². The van der Waals surface area contributed by atoms with Gasteiger partial charge in [0.15, 0.2) is 0 Å². The van der Waals surface area contributed by atoms with Gasteiger partial charge in [-0.05, 0) is 74.7 Å². The first-order chi connectivity index (χ1) is 16.0. The van der Waals surface area contributed by atoms with E-state index in [2.05, 4.69) is 16.1 Å². The summed E-state index contributed by atoms with van der Waals surface area (Å²) in [5.41, 5.74) is 2.39. The van der Waals surface area contributed by atoms with E-state index < -0.39 is 68.4 Å². The van der Waals surface area contributed by atoms with Crippen LogP contribution in [0, 0.1) is 10.7 Å². The van der Waals surface area contributed by atoms with Gasteiger partial charge in [-0.3, -0.25) is 14.4 Å². The summed E-state index contributed by atoms with van der Waals surface area (Å²) in [7, 11) is 0. The standard InChI is InChI=1S/C19H26I3N3O9/c1-7(34-8(2)30)17(25-33)11-14(20)12(18(31)23-9(3-26)4-27)16(22)13(15(11)21)19(32)24-10(5-28)6-29/h7,9-10,17,25-29,33H,3-6H2,1-2H3,(H,23,31)(H,24,32)/t7-,17?/m0/s1. The van der Waals surface area contributed by atoms with Gasteiger partial charge in [-0.1, -0.05) is 0 Å². The smallest absolute Gasteiger partial charge is 0.302 e. The van der Waals surface area contributed by atoms with E-state index in [4.69, 9.17) is 4.74 Å². The number of aliphatic hydroxyl groups is 4. The second-order valence-electron chi connectivity index (χ2n) is 7.10. The highest BCUT2D eigenvalue weighted by Gasteiger charge is 2.34. The Hall–Kier alpha value is -0.420. The van der Waals surface area contributed by atoms with Crippen molar-refractivity contribution in [1.29, 1.82) is 0 Å². The Bertz CT molecular complexity index is 842. The molecule has 8 N–H and O–H groups in total. The van der Waals surface area contributed by atoms with Gasteiger partial charge in [0.2, 0.25) is 0 Å². The molecule has 1 aromatic carbocycles. The topological polar surface area (TPSA) is 198 Å². The van der Waals surface area contributed by atoms with E-state index in [1.165, 1.54) is 13.8 Å². The lowest BCUT2D eigenvalue weighted by molar-refractivity contribution is -0.148. The zero-order valence-electron chi connectivity index (χ0n) is 18.1. The number of ether oxygens (including phenoxy) is 1. The summed E-state index contributed by atoms with van der Waals surface area (Å²) in [5.74, 6) is -2.01. The monoisotopic (exact) mass is 821 g/mol. The molecule has 0 bridgehead atoms. The van der Waals surface area contributed by atoms with Crippen LogP contribution in [0.2, 0.25) is 0 Å². The number of halogens is 3. The number of carbonyl (C=O) groups excluding carboxylic acids is 3. The highest BCUT2D eigenvalue weighted by Crippen LogP contribution is 2.37. The van der Waals surface area contributed by atoms with E-state index >= 15 is 0 Å². The molecule has 0 aliphatic heterocycles. The molecule has 0 aromatic heterocycles. The third kappa shape index (κ3) is 7.79. The number of hydrogen-bond acceptors (Lipinski definition) is 10. The fraction of sp³-hybridized carbons (Fsp3) is 0.526. The van der Waals surface area contributed by atoms with Crippen molar-refractivity contribution in [2.24, 2.45) is 0 Å². The average Bonchev–Trinajstić information content (AvgIpc) is 2.77. The molecule has 0 aliphatic carbocycles. The summed E-state index contributed by atoms with van der Waals surface area (Å²) in [6.07, 6.45) is -0.915. The Morgan fingerprint density at radius 3 is 1.50 bits per heavy atom. The molecule has 1 rings (SSSR count). The molecule has 34 heavy (non-hydrogen) atoms. The number of hydrogen-bond donors (Lipinski definition) is 8. The van der Waals surface area contributed by atoms with Crippen molar-refractivity contribution in [3.05, 3.63) is 27.4 Å². The molecular formula is C19H26I3N3O9. The summed E-state index contributed by atoms with van der Waals surface area (Å²) in [5, 5.41) is 52.3. The van der Waals surface area contributed by atoms with Crippen LogP contribution in [-0.4, -0.2) is 88.0 Å². The maximum absolute atomic E-state index is 13.1. The molecule has 12 nitrogen and oxygen atoms in total. The Morgan fingerprint density at radius 1 is 0.824 bits per heavy atom. The predicted molar refractivity (Wildman–Crippen MR) is 144 cm³/mol. The van der Waals surface area contributed by atoms with Crippen molar-refractivity contribution in [1.82, 2.24) is 16.1 Å². The van der Waals surface area contributed by atoms with Crippen molar-refractivity contribution >= 4 is 85.6 Å². The highest BCUT2D eigenvalue weighted by molar-refractivity contribution is 14.1. The van der Waals surface area contributed by atoms with Gasteiger partial charge in [-0.2, -0.15) is 5.48 Å². The van der Waals surface area contributed by atoms with E-state index in [-0.39, 0.29) is 20.3 Å². The van der Waals surface area contributed by atoms with Gasteiger partial charge in [-0.25, -0.2) is 0 Å². The van der Waals surface area contributed by atoms with E-state index in [0.29, 0.717) is 7.14 Å². The van der Waals surface area contributed by atoms with Crippen LogP contribution in [0.1, 0.15) is 46.2 Å². The Morgan fingerprint density at radius 2 is 1.21 bits per heavy atom. The van der Waals surface area contributed by atoms with Crippen LogP contribution in [0.4, 0.5) is 0 Å². The summed E-state index contributed by atoms with van der Waals surface area (Å²) in [6, 6.07) is -2.96. The number of esters is 1. The first kappa shape index (κ1) is 31.6. The van der Waals surface area contributed by atoms with Crippen LogP contribution in [0.5, 0.6) is 0 Å². The largest absolute Gasteiger partial charge is 0.461 e. The van der Waals surface area contributed by atoms with Crippen molar-refractivity contribution < 1.29 is 44.8 Å². The predicted octanol–water partition coefficient (Wildman–Crippen LogP) is -0.362. The summed E-state index contributed by atoms with van der Waals surface area (Å²) in [4.78, 5) is 37.7. The maximum atomic E-state index is 13.1. The van der Waals surface area contributed by atoms with Crippen LogP contribution in [0.25, 0.3) is 0 Å². The van der Waals surface area contributed by atoms with Crippen molar-refractivity contribution in [2.75, 3.05) is 26.4 Å². The number of amides is 2. The SMILES string of the molecule is CC(=O)O[C@@H](C)C(NO)c1c(I)c(C(=O)NC(CO)CO)c(I)c(C(=O)NC(CO)CO)c1I. The number of carbonyl (C=O) groups is 3. The van der Waals surface area contributed by atoms with Gasteiger partial charge in [0.05, 0.1) is 55.7 Å². The molecule has 0 saturated heterocycles. The minimum Gasteiger partial charge on any atom is -0.461 e. The molecule has 0 fully saturated rings. The van der Waals surface area contributed by atoms with Crippen LogP contribution < -0.4 is 16.1 Å². The Labute approximate surface area is 236 Å². The van der Waals surface area contributed by atoms with Gasteiger partial charge < -0.3 is 41.0 Å².